The molecule has 1 amide bonds. The molecule has 1 aliphatic heterocycles. The van der Waals surface area contributed by atoms with Gasteiger partial charge in [0.25, 0.3) is 0 Å². The Bertz CT molecular complexity index is 147. The number of amides is 1. The van der Waals surface area contributed by atoms with Crippen LogP contribution >= 0.6 is 0 Å². The minimum Gasteiger partial charge on any atom is -0.394 e. The van der Waals surface area contributed by atoms with Gasteiger partial charge < -0.3 is 10.4 Å². The summed E-state index contributed by atoms with van der Waals surface area (Å²) in [5.41, 5.74) is 0. The maximum absolute atomic E-state index is 10.9. The van der Waals surface area contributed by atoms with Crippen molar-refractivity contribution in [3.8, 4) is 0 Å². The summed E-state index contributed by atoms with van der Waals surface area (Å²) in [7, 11) is 0. The number of aliphatic hydroxyl groups excluding tert-OH is 1. The largest absolute Gasteiger partial charge is 0.394 e. The Labute approximate surface area is 66.8 Å². The van der Waals surface area contributed by atoms with Gasteiger partial charge in [-0.05, 0) is 12.3 Å². The Morgan fingerprint density at radius 2 is 2.45 bits per heavy atom. The highest BCUT2D eigenvalue weighted by Gasteiger charge is 2.30. The fourth-order valence-corrected chi connectivity index (χ4v) is 1.63. The summed E-state index contributed by atoms with van der Waals surface area (Å²) in [6.07, 6.45) is 2.71. The van der Waals surface area contributed by atoms with Crippen molar-refractivity contribution in [1.29, 1.82) is 0 Å². The van der Waals surface area contributed by atoms with Crippen LogP contribution in [0.1, 0.15) is 26.2 Å². The second kappa shape index (κ2) is 3.72. The molecule has 0 aromatic heterocycles. The monoisotopic (exact) mass is 157 g/mol. The molecule has 2 N–H and O–H groups in total. The second-order valence-electron chi connectivity index (χ2n) is 3.11. The molecule has 3 heteroatoms. The summed E-state index contributed by atoms with van der Waals surface area (Å²) in [5, 5.41) is 11.6. The third-order valence-corrected chi connectivity index (χ3v) is 2.22. The molecule has 1 saturated heterocycles. The van der Waals surface area contributed by atoms with Gasteiger partial charge in [0, 0.05) is 6.42 Å². The lowest BCUT2D eigenvalue weighted by atomic mass is 9.96. The third kappa shape index (κ3) is 1.93. The zero-order valence-electron chi connectivity index (χ0n) is 6.84. The molecule has 1 fully saturated rings. The van der Waals surface area contributed by atoms with E-state index in [0.717, 1.165) is 12.8 Å². The van der Waals surface area contributed by atoms with Crippen LogP contribution in [-0.4, -0.2) is 23.7 Å². The van der Waals surface area contributed by atoms with Gasteiger partial charge in [-0.1, -0.05) is 13.3 Å². The van der Waals surface area contributed by atoms with Crippen molar-refractivity contribution in [2.75, 3.05) is 6.61 Å². The molecule has 1 aliphatic rings. The maximum atomic E-state index is 10.9. The van der Waals surface area contributed by atoms with Crippen LogP contribution in [0.3, 0.4) is 0 Å². The highest BCUT2D eigenvalue weighted by Crippen LogP contribution is 2.20. The fourth-order valence-electron chi connectivity index (χ4n) is 1.63. The molecule has 0 aromatic carbocycles. The summed E-state index contributed by atoms with van der Waals surface area (Å²) in [5.74, 6) is 0.444. The summed E-state index contributed by atoms with van der Waals surface area (Å²) < 4.78 is 0. The molecule has 0 spiro atoms. The Morgan fingerprint density at radius 3 is 3.00 bits per heavy atom. The summed E-state index contributed by atoms with van der Waals surface area (Å²) >= 11 is 0. The number of carbonyl (C=O) groups is 1. The van der Waals surface area contributed by atoms with Gasteiger partial charge in [0.15, 0.2) is 0 Å². The smallest absolute Gasteiger partial charge is 0.220 e. The first-order valence-electron chi connectivity index (χ1n) is 4.18. The zero-order chi connectivity index (χ0) is 8.27. The lowest BCUT2D eigenvalue weighted by Crippen LogP contribution is -2.32. The van der Waals surface area contributed by atoms with E-state index in [1.54, 1.807) is 0 Å². The summed E-state index contributed by atoms with van der Waals surface area (Å²) in [4.78, 5) is 10.9. The molecule has 3 nitrogen and oxygen atoms in total. The Hall–Kier alpha value is -0.570. The van der Waals surface area contributed by atoms with Crippen molar-refractivity contribution >= 4 is 5.91 Å². The normalized spacial score (nSPS) is 30.5. The Morgan fingerprint density at radius 1 is 1.73 bits per heavy atom. The van der Waals surface area contributed by atoms with E-state index in [9.17, 15) is 4.79 Å². The molecule has 0 unspecified atom stereocenters. The maximum Gasteiger partial charge on any atom is 0.220 e. The van der Waals surface area contributed by atoms with Gasteiger partial charge in [-0.3, -0.25) is 4.79 Å². The lowest BCUT2D eigenvalue weighted by Gasteiger charge is -2.14. The lowest BCUT2D eigenvalue weighted by molar-refractivity contribution is -0.119. The highest BCUT2D eigenvalue weighted by molar-refractivity contribution is 5.79. The molecule has 0 radical (unpaired) electrons. The van der Waals surface area contributed by atoms with Gasteiger partial charge in [0.1, 0.15) is 0 Å². The molecular weight excluding hydrogens is 142 g/mol. The predicted molar refractivity (Wildman–Crippen MR) is 42.0 cm³/mol. The van der Waals surface area contributed by atoms with E-state index in [0.29, 0.717) is 12.3 Å². The van der Waals surface area contributed by atoms with Gasteiger partial charge in [-0.15, -0.1) is 0 Å². The van der Waals surface area contributed by atoms with Gasteiger partial charge in [-0.25, -0.2) is 0 Å². The molecule has 1 heterocycles. The van der Waals surface area contributed by atoms with Crippen LogP contribution < -0.4 is 5.32 Å². The average Bonchev–Trinajstić information content (AvgIpc) is 2.32. The molecule has 2 atom stereocenters. The van der Waals surface area contributed by atoms with Crippen molar-refractivity contribution in [3.05, 3.63) is 0 Å². The van der Waals surface area contributed by atoms with E-state index in [1.165, 1.54) is 0 Å². The molecule has 11 heavy (non-hydrogen) atoms. The predicted octanol–water partition coefficient (Wildman–Crippen LogP) is 0.283. The number of hydrogen-bond donors (Lipinski definition) is 2. The van der Waals surface area contributed by atoms with Gasteiger partial charge in [0.05, 0.1) is 12.6 Å². The van der Waals surface area contributed by atoms with Crippen LogP contribution in [0.25, 0.3) is 0 Å². The molecule has 64 valence electrons. The van der Waals surface area contributed by atoms with Crippen molar-refractivity contribution < 1.29 is 9.90 Å². The molecule has 0 aliphatic carbocycles. The fraction of sp³-hybridized carbons (Fsp3) is 0.875. The molecule has 0 bridgehead atoms. The van der Waals surface area contributed by atoms with Crippen LogP contribution in [0, 0.1) is 5.92 Å². The SMILES string of the molecule is CCC[C@@H]1CC(=O)N[C@@H]1CO. The van der Waals surface area contributed by atoms with Crippen molar-refractivity contribution in [2.45, 2.75) is 32.2 Å². The van der Waals surface area contributed by atoms with Crippen LogP contribution in [0.5, 0.6) is 0 Å². The molecule has 0 aromatic rings. The van der Waals surface area contributed by atoms with E-state index in [-0.39, 0.29) is 18.6 Å². The van der Waals surface area contributed by atoms with Crippen LogP contribution in [0.4, 0.5) is 0 Å². The van der Waals surface area contributed by atoms with E-state index in [4.69, 9.17) is 5.11 Å². The summed E-state index contributed by atoms with van der Waals surface area (Å²) in [6, 6.07) is 0.0162. The van der Waals surface area contributed by atoms with Crippen LogP contribution in [0.15, 0.2) is 0 Å². The van der Waals surface area contributed by atoms with E-state index in [1.807, 2.05) is 0 Å². The number of carbonyl (C=O) groups excluding carboxylic acids is 1. The Balaban J connectivity index is 2.43. The van der Waals surface area contributed by atoms with Gasteiger partial charge >= 0.3 is 0 Å². The van der Waals surface area contributed by atoms with Crippen LogP contribution in [0.2, 0.25) is 0 Å². The summed E-state index contributed by atoms with van der Waals surface area (Å²) in [6.45, 7) is 2.17. The van der Waals surface area contributed by atoms with E-state index < -0.39 is 0 Å². The van der Waals surface area contributed by atoms with Crippen molar-refractivity contribution in [1.82, 2.24) is 5.32 Å². The van der Waals surface area contributed by atoms with Crippen molar-refractivity contribution in [2.24, 2.45) is 5.92 Å². The number of aliphatic hydroxyl groups is 1. The molecule has 0 saturated carbocycles. The highest BCUT2D eigenvalue weighted by atomic mass is 16.3. The third-order valence-electron chi connectivity index (χ3n) is 2.22. The van der Waals surface area contributed by atoms with Crippen LogP contribution in [-0.2, 0) is 4.79 Å². The standard InChI is InChI=1S/C8H15NO2/c1-2-3-6-4-8(11)9-7(6)5-10/h6-7,10H,2-5H2,1H3,(H,9,11)/t6-,7-/m1/s1. The number of nitrogens with one attached hydrogen (secondary N) is 1. The number of hydrogen-bond acceptors (Lipinski definition) is 2. The first kappa shape index (κ1) is 8.53. The average molecular weight is 157 g/mol. The second-order valence-corrected chi connectivity index (χ2v) is 3.11. The van der Waals surface area contributed by atoms with E-state index in [2.05, 4.69) is 12.2 Å². The molecular formula is C8H15NO2. The topological polar surface area (TPSA) is 49.3 Å². The van der Waals surface area contributed by atoms with Gasteiger partial charge in [0.2, 0.25) is 5.91 Å². The van der Waals surface area contributed by atoms with Gasteiger partial charge in [-0.2, -0.15) is 0 Å². The first-order chi connectivity index (χ1) is 5.27. The van der Waals surface area contributed by atoms with Crippen molar-refractivity contribution in [3.63, 3.8) is 0 Å². The quantitative estimate of drug-likeness (QED) is 0.618. The minimum absolute atomic E-state index is 0.0162. The molecule has 1 rings (SSSR count). The number of rotatable bonds is 3. The first-order valence-corrected chi connectivity index (χ1v) is 4.18. The zero-order valence-corrected chi connectivity index (χ0v) is 6.84. The Kier molecular flexibility index (Phi) is 2.88. The minimum atomic E-state index is 0.0162. The van der Waals surface area contributed by atoms with E-state index >= 15 is 0 Å².